The summed E-state index contributed by atoms with van der Waals surface area (Å²) in [6.45, 7) is 0. The van der Waals surface area contributed by atoms with Gasteiger partial charge in [-0.2, -0.15) is 0 Å². The van der Waals surface area contributed by atoms with Crippen LogP contribution in [0.4, 0.5) is 11.4 Å². The van der Waals surface area contributed by atoms with Gasteiger partial charge in [0, 0.05) is 25.7 Å². The number of rotatable bonds is 6. The average molecular weight is 506 g/mol. The number of ether oxygens (including phenoxy) is 1. The molecule has 162 valence electrons. The van der Waals surface area contributed by atoms with E-state index in [0.29, 0.717) is 32.2 Å². The van der Waals surface area contributed by atoms with Crippen LogP contribution in [0.5, 0.6) is 5.75 Å². The molecule has 0 aromatic heterocycles. The molecule has 4 rings (SSSR count). The number of hydrogen-bond donors (Lipinski definition) is 1. The molecular weight excluding hydrogens is 491 g/mol. The van der Waals surface area contributed by atoms with E-state index in [1.165, 1.54) is 30.0 Å². The molecular formula is C23H15Cl3N2O3S. The largest absolute Gasteiger partial charge is 0.497 e. The minimum absolute atomic E-state index is 0.149. The highest BCUT2D eigenvalue weighted by atomic mass is 35.5. The number of carbonyl (C=O) groups is 2. The van der Waals surface area contributed by atoms with Crippen molar-refractivity contribution in [2.75, 3.05) is 17.3 Å². The summed E-state index contributed by atoms with van der Waals surface area (Å²) in [5, 5.41) is 4.29. The number of benzene rings is 3. The highest BCUT2D eigenvalue weighted by molar-refractivity contribution is 8.04. The van der Waals surface area contributed by atoms with E-state index in [4.69, 9.17) is 39.5 Å². The van der Waals surface area contributed by atoms with E-state index in [2.05, 4.69) is 5.32 Å². The van der Waals surface area contributed by atoms with E-state index < -0.39 is 11.8 Å². The van der Waals surface area contributed by atoms with Crippen LogP contribution in [0.25, 0.3) is 0 Å². The molecule has 9 heteroatoms. The minimum Gasteiger partial charge on any atom is -0.497 e. The van der Waals surface area contributed by atoms with Crippen molar-refractivity contribution in [3.8, 4) is 5.75 Å². The fourth-order valence-corrected chi connectivity index (χ4v) is 4.62. The molecule has 0 atom stereocenters. The summed E-state index contributed by atoms with van der Waals surface area (Å²) < 4.78 is 5.18. The van der Waals surface area contributed by atoms with Crippen LogP contribution in [-0.2, 0) is 9.59 Å². The van der Waals surface area contributed by atoms with Gasteiger partial charge in [-0.1, -0.05) is 46.6 Å². The van der Waals surface area contributed by atoms with Crippen molar-refractivity contribution in [2.24, 2.45) is 0 Å². The summed E-state index contributed by atoms with van der Waals surface area (Å²) >= 11 is 19.4. The lowest BCUT2D eigenvalue weighted by atomic mass is 10.2. The van der Waals surface area contributed by atoms with Gasteiger partial charge in [0.15, 0.2) is 0 Å². The maximum Gasteiger partial charge on any atom is 0.283 e. The van der Waals surface area contributed by atoms with Gasteiger partial charge in [0.1, 0.15) is 16.4 Å². The maximum atomic E-state index is 13.4. The number of imide groups is 1. The third-order valence-electron chi connectivity index (χ3n) is 4.54. The molecule has 3 aromatic rings. The normalized spacial score (nSPS) is 13.7. The number of halogens is 3. The fourth-order valence-electron chi connectivity index (χ4n) is 3.06. The predicted octanol–water partition coefficient (Wildman–Crippen LogP) is 6.64. The number of nitrogens with zero attached hydrogens (tertiary/aromatic N) is 1. The third kappa shape index (κ3) is 4.74. The van der Waals surface area contributed by atoms with Crippen molar-refractivity contribution >= 4 is 69.8 Å². The summed E-state index contributed by atoms with van der Waals surface area (Å²) in [7, 11) is 1.57. The second kappa shape index (κ2) is 9.46. The Morgan fingerprint density at radius 3 is 2.03 bits per heavy atom. The zero-order chi connectivity index (χ0) is 22.8. The molecule has 1 aliphatic heterocycles. The highest BCUT2D eigenvalue weighted by Crippen LogP contribution is 2.39. The van der Waals surface area contributed by atoms with Crippen LogP contribution in [0.1, 0.15) is 0 Å². The molecule has 0 fully saturated rings. The SMILES string of the molecule is COc1ccc(NC2=C(Sc3ccc(Cl)cc3)C(=O)N(c3cc(Cl)cc(Cl)c3)C2=O)cc1. The molecule has 0 unspecified atom stereocenters. The molecule has 0 radical (unpaired) electrons. The Bertz CT molecular complexity index is 1210. The molecule has 0 saturated carbocycles. The Kier molecular flexibility index (Phi) is 6.67. The second-order valence-electron chi connectivity index (χ2n) is 6.69. The van der Waals surface area contributed by atoms with Crippen LogP contribution < -0.4 is 15.0 Å². The first-order valence-electron chi connectivity index (χ1n) is 9.29. The van der Waals surface area contributed by atoms with Gasteiger partial charge in [-0.15, -0.1) is 0 Å². The van der Waals surface area contributed by atoms with Crippen LogP contribution >= 0.6 is 46.6 Å². The quantitative estimate of drug-likeness (QED) is 0.380. The van der Waals surface area contributed by atoms with Crippen LogP contribution in [-0.4, -0.2) is 18.9 Å². The van der Waals surface area contributed by atoms with Crippen molar-refractivity contribution in [1.29, 1.82) is 0 Å². The number of thioether (sulfide) groups is 1. The predicted molar refractivity (Wildman–Crippen MR) is 130 cm³/mol. The first-order valence-corrected chi connectivity index (χ1v) is 11.2. The average Bonchev–Trinajstić information content (AvgIpc) is 2.99. The highest BCUT2D eigenvalue weighted by Gasteiger charge is 2.40. The first-order chi connectivity index (χ1) is 15.4. The lowest BCUT2D eigenvalue weighted by Crippen LogP contribution is -2.32. The fraction of sp³-hybridized carbons (Fsp3) is 0.0435. The Labute approximate surface area is 203 Å². The molecule has 2 amide bonds. The van der Waals surface area contributed by atoms with Crippen LogP contribution in [0.2, 0.25) is 15.1 Å². The van der Waals surface area contributed by atoms with Crippen molar-refractivity contribution in [1.82, 2.24) is 0 Å². The molecule has 0 spiro atoms. The molecule has 5 nitrogen and oxygen atoms in total. The smallest absolute Gasteiger partial charge is 0.283 e. The zero-order valence-electron chi connectivity index (χ0n) is 16.6. The van der Waals surface area contributed by atoms with E-state index in [0.717, 1.165) is 9.80 Å². The van der Waals surface area contributed by atoms with Gasteiger partial charge < -0.3 is 10.1 Å². The number of carbonyl (C=O) groups excluding carboxylic acids is 2. The van der Waals surface area contributed by atoms with Crippen molar-refractivity contribution in [2.45, 2.75) is 4.90 Å². The Hall–Kier alpha value is -2.64. The Balaban J connectivity index is 1.74. The van der Waals surface area contributed by atoms with Gasteiger partial charge >= 0.3 is 0 Å². The summed E-state index contributed by atoms with van der Waals surface area (Å²) in [5.74, 6) is -0.325. The molecule has 32 heavy (non-hydrogen) atoms. The summed E-state index contributed by atoms with van der Waals surface area (Å²) in [6, 6.07) is 18.6. The third-order valence-corrected chi connectivity index (χ3v) is 6.32. The van der Waals surface area contributed by atoms with Gasteiger partial charge in [-0.25, -0.2) is 4.90 Å². The Morgan fingerprint density at radius 2 is 1.44 bits per heavy atom. The zero-order valence-corrected chi connectivity index (χ0v) is 19.6. The number of methoxy groups -OCH3 is 1. The molecule has 0 bridgehead atoms. The second-order valence-corrected chi connectivity index (χ2v) is 9.08. The van der Waals surface area contributed by atoms with E-state index in [-0.39, 0.29) is 10.6 Å². The molecule has 0 saturated heterocycles. The standard InChI is InChI=1S/C23H15Cl3N2O3S/c1-31-18-6-4-16(5-7-18)27-20-21(32-19-8-2-13(24)3-9-19)23(30)28(22(20)29)17-11-14(25)10-15(26)12-17/h2-12,27H,1H3. The minimum atomic E-state index is -0.513. The topological polar surface area (TPSA) is 58.6 Å². The summed E-state index contributed by atoms with van der Waals surface area (Å²) in [5.41, 5.74) is 1.07. The number of nitrogens with one attached hydrogen (secondary N) is 1. The number of amides is 2. The lowest BCUT2D eigenvalue weighted by molar-refractivity contribution is -0.120. The molecule has 0 aliphatic carbocycles. The molecule has 3 aromatic carbocycles. The molecule has 1 aliphatic rings. The van der Waals surface area contributed by atoms with Gasteiger partial charge in [-0.05, 0) is 66.7 Å². The first kappa shape index (κ1) is 22.6. The maximum absolute atomic E-state index is 13.4. The number of anilines is 2. The van der Waals surface area contributed by atoms with E-state index in [9.17, 15) is 9.59 Å². The van der Waals surface area contributed by atoms with E-state index >= 15 is 0 Å². The summed E-state index contributed by atoms with van der Waals surface area (Å²) in [4.78, 5) is 28.8. The van der Waals surface area contributed by atoms with E-state index in [1.807, 2.05) is 0 Å². The van der Waals surface area contributed by atoms with Crippen molar-refractivity contribution < 1.29 is 14.3 Å². The molecule has 1 heterocycles. The summed E-state index contributed by atoms with van der Waals surface area (Å²) in [6.07, 6.45) is 0. The van der Waals surface area contributed by atoms with Crippen LogP contribution in [0.3, 0.4) is 0 Å². The van der Waals surface area contributed by atoms with Gasteiger partial charge in [-0.3, -0.25) is 9.59 Å². The van der Waals surface area contributed by atoms with Gasteiger partial charge in [0.25, 0.3) is 11.8 Å². The number of hydrogen-bond acceptors (Lipinski definition) is 5. The Morgan fingerprint density at radius 1 is 0.812 bits per heavy atom. The molecule has 1 N–H and O–H groups in total. The monoisotopic (exact) mass is 504 g/mol. The van der Waals surface area contributed by atoms with Crippen molar-refractivity contribution in [3.05, 3.63) is 92.4 Å². The van der Waals surface area contributed by atoms with Crippen molar-refractivity contribution in [3.63, 3.8) is 0 Å². The van der Waals surface area contributed by atoms with Crippen LogP contribution in [0.15, 0.2) is 82.2 Å². The van der Waals surface area contributed by atoms with Crippen LogP contribution in [0, 0.1) is 0 Å². The lowest BCUT2D eigenvalue weighted by Gasteiger charge is -2.16. The van der Waals surface area contributed by atoms with Gasteiger partial charge in [0.2, 0.25) is 0 Å². The van der Waals surface area contributed by atoms with E-state index in [1.54, 1.807) is 55.6 Å². The van der Waals surface area contributed by atoms with Gasteiger partial charge in [0.05, 0.1) is 12.8 Å².